The summed E-state index contributed by atoms with van der Waals surface area (Å²) in [6, 6.07) is 10.7. The van der Waals surface area contributed by atoms with Gasteiger partial charge in [0, 0.05) is 10.6 Å². The summed E-state index contributed by atoms with van der Waals surface area (Å²) in [5, 5.41) is 5.36. The Kier molecular flexibility index (Phi) is 5.51. The van der Waals surface area contributed by atoms with Crippen molar-refractivity contribution in [3.8, 4) is 0 Å². The molecule has 3 rings (SSSR count). The normalized spacial score (nSPS) is 15.5. The van der Waals surface area contributed by atoms with Crippen LogP contribution in [-0.2, 0) is 14.3 Å². The Balaban J connectivity index is 1.62. The highest BCUT2D eigenvalue weighted by Gasteiger charge is 2.24. The number of amides is 2. The van der Waals surface area contributed by atoms with Crippen LogP contribution in [0.2, 0.25) is 0 Å². The molecule has 7 heteroatoms. The Hall–Kier alpha value is -2.80. The fraction of sp³-hybridized carbons (Fsp3) is 0.250. The lowest BCUT2D eigenvalue weighted by atomic mass is 10.1. The first-order valence-corrected chi connectivity index (χ1v) is 9.38. The second-order valence-corrected chi connectivity index (χ2v) is 7.73. The van der Waals surface area contributed by atoms with Gasteiger partial charge in [0.15, 0.2) is 6.61 Å². The van der Waals surface area contributed by atoms with Gasteiger partial charge < -0.3 is 15.4 Å². The van der Waals surface area contributed by atoms with Crippen LogP contribution in [0.1, 0.15) is 28.4 Å². The fourth-order valence-electron chi connectivity index (χ4n) is 2.74. The summed E-state index contributed by atoms with van der Waals surface area (Å²) in [6.45, 7) is 5.23. The molecule has 2 amide bonds. The molecule has 0 spiro atoms. The Morgan fingerprint density at radius 3 is 2.59 bits per heavy atom. The summed E-state index contributed by atoms with van der Waals surface area (Å²) in [6.07, 6.45) is 0. The third-order valence-corrected chi connectivity index (χ3v) is 5.40. The molecule has 1 aliphatic heterocycles. The largest absolute Gasteiger partial charge is 0.452 e. The highest BCUT2D eigenvalue weighted by Crippen LogP contribution is 2.36. The van der Waals surface area contributed by atoms with Crippen molar-refractivity contribution in [1.29, 1.82) is 0 Å². The van der Waals surface area contributed by atoms with Crippen molar-refractivity contribution in [3.05, 3.63) is 53.1 Å². The van der Waals surface area contributed by atoms with Crippen LogP contribution in [0.5, 0.6) is 0 Å². The summed E-state index contributed by atoms with van der Waals surface area (Å²) >= 11 is 1.43. The predicted octanol–water partition coefficient (Wildman–Crippen LogP) is 3.53. The second kappa shape index (κ2) is 7.84. The zero-order valence-electron chi connectivity index (χ0n) is 15.3. The second-order valence-electron chi connectivity index (χ2n) is 6.35. The van der Waals surface area contributed by atoms with E-state index in [2.05, 4.69) is 10.6 Å². The van der Waals surface area contributed by atoms with Crippen molar-refractivity contribution in [2.45, 2.75) is 30.9 Å². The van der Waals surface area contributed by atoms with Gasteiger partial charge in [-0.3, -0.25) is 9.59 Å². The molecule has 0 saturated carbocycles. The molecule has 0 bridgehead atoms. The lowest BCUT2D eigenvalue weighted by Crippen LogP contribution is -2.26. The molecule has 2 aromatic carbocycles. The predicted molar refractivity (Wildman–Crippen MR) is 105 cm³/mol. The minimum absolute atomic E-state index is 0.106. The van der Waals surface area contributed by atoms with Gasteiger partial charge in [0.2, 0.25) is 5.91 Å². The van der Waals surface area contributed by atoms with E-state index in [0.717, 1.165) is 21.7 Å². The first-order valence-electron chi connectivity index (χ1n) is 8.50. The van der Waals surface area contributed by atoms with Crippen LogP contribution >= 0.6 is 11.8 Å². The lowest BCUT2D eigenvalue weighted by Gasteiger charge is -2.21. The number of para-hydroxylation sites is 1. The van der Waals surface area contributed by atoms with E-state index in [9.17, 15) is 14.4 Å². The molecule has 0 radical (unpaired) electrons. The Morgan fingerprint density at radius 1 is 1.19 bits per heavy atom. The number of nitrogens with one attached hydrogen (secondary N) is 2. The van der Waals surface area contributed by atoms with E-state index >= 15 is 0 Å². The summed E-state index contributed by atoms with van der Waals surface area (Å²) in [5.41, 5.74) is 3.46. The molecule has 0 saturated heterocycles. The number of esters is 1. The number of benzene rings is 2. The number of carbonyl (C=O) groups is 3. The first kappa shape index (κ1) is 19.0. The van der Waals surface area contributed by atoms with Crippen LogP contribution in [0.15, 0.2) is 41.3 Å². The van der Waals surface area contributed by atoms with Gasteiger partial charge in [-0.2, -0.15) is 0 Å². The zero-order chi connectivity index (χ0) is 19.6. The average molecular weight is 384 g/mol. The molecule has 1 heterocycles. The monoisotopic (exact) mass is 384 g/mol. The molecule has 1 aliphatic rings. The maximum atomic E-state index is 12.2. The molecule has 0 aromatic heterocycles. The van der Waals surface area contributed by atoms with Crippen molar-refractivity contribution in [1.82, 2.24) is 0 Å². The van der Waals surface area contributed by atoms with Crippen molar-refractivity contribution in [2.24, 2.45) is 0 Å². The molecule has 1 atom stereocenters. The number of rotatable bonds is 4. The highest BCUT2D eigenvalue weighted by atomic mass is 32.2. The van der Waals surface area contributed by atoms with Crippen molar-refractivity contribution in [3.63, 3.8) is 0 Å². The van der Waals surface area contributed by atoms with Crippen LogP contribution in [0, 0.1) is 13.8 Å². The zero-order valence-corrected chi connectivity index (χ0v) is 16.1. The maximum Gasteiger partial charge on any atom is 0.338 e. The number of thioether (sulfide) groups is 1. The standard InChI is InChI=1S/C20H20N2O4S/c1-11-5-4-6-12(2)18(11)22-17(23)10-26-20(25)14-7-8-16-15(9-14)21-19(24)13(3)27-16/h4-9,13H,10H2,1-3H3,(H,21,24)(H,22,23)/t13-/m0/s1. The topological polar surface area (TPSA) is 84.5 Å². The summed E-state index contributed by atoms with van der Waals surface area (Å²) in [4.78, 5) is 37.0. The van der Waals surface area contributed by atoms with E-state index in [1.165, 1.54) is 11.8 Å². The molecule has 140 valence electrons. The molecule has 27 heavy (non-hydrogen) atoms. The third kappa shape index (κ3) is 4.31. The van der Waals surface area contributed by atoms with Gasteiger partial charge >= 0.3 is 5.97 Å². The number of hydrogen-bond donors (Lipinski definition) is 2. The number of aryl methyl sites for hydroxylation is 2. The Bertz CT molecular complexity index is 906. The van der Waals surface area contributed by atoms with E-state index in [4.69, 9.17) is 4.74 Å². The van der Waals surface area contributed by atoms with Gasteiger partial charge in [0.1, 0.15) is 0 Å². The van der Waals surface area contributed by atoms with Gasteiger partial charge in [0.05, 0.1) is 16.5 Å². The Morgan fingerprint density at radius 2 is 1.89 bits per heavy atom. The molecule has 2 N–H and O–H groups in total. The highest BCUT2D eigenvalue weighted by molar-refractivity contribution is 8.00. The summed E-state index contributed by atoms with van der Waals surface area (Å²) in [7, 11) is 0. The molecule has 2 aromatic rings. The van der Waals surface area contributed by atoms with E-state index in [1.807, 2.05) is 39.0 Å². The third-order valence-electron chi connectivity index (χ3n) is 4.23. The van der Waals surface area contributed by atoms with E-state index in [-0.39, 0.29) is 23.3 Å². The number of carbonyl (C=O) groups excluding carboxylic acids is 3. The minimum atomic E-state index is -0.618. The molecule has 0 unspecified atom stereocenters. The molecule has 0 fully saturated rings. The van der Waals surface area contributed by atoms with Crippen molar-refractivity contribution >= 4 is 40.9 Å². The fourth-order valence-corrected chi connectivity index (χ4v) is 3.67. The van der Waals surface area contributed by atoms with E-state index in [1.54, 1.807) is 18.2 Å². The van der Waals surface area contributed by atoms with Crippen LogP contribution in [0.4, 0.5) is 11.4 Å². The van der Waals surface area contributed by atoms with Gasteiger partial charge in [-0.05, 0) is 50.1 Å². The van der Waals surface area contributed by atoms with Crippen LogP contribution in [0.3, 0.4) is 0 Å². The smallest absolute Gasteiger partial charge is 0.338 e. The number of ether oxygens (including phenoxy) is 1. The summed E-state index contributed by atoms with van der Waals surface area (Å²) < 4.78 is 5.11. The number of anilines is 2. The number of hydrogen-bond acceptors (Lipinski definition) is 5. The first-order chi connectivity index (χ1) is 12.8. The molecule has 0 aliphatic carbocycles. The van der Waals surface area contributed by atoms with Gasteiger partial charge in [-0.1, -0.05) is 18.2 Å². The van der Waals surface area contributed by atoms with Crippen LogP contribution in [-0.4, -0.2) is 29.6 Å². The van der Waals surface area contributed by atoms with Crippen molar-refractivity contribution < 1.29 is 19.1 Å². The lowest BCUT2D eigenvalue weighted by molar-refractivity contribution is -0.119. The molecular weight excluding hydrogens is 364 g/mol. The van der Waals surface area contributed by atoms with Crippen molar-refractivity contribution in [2.75, 3.05) is 17.2 Å². The maximum absolute atomic E-state index is 12.2. The molecule has 6 nitrogen and oxygen atoms in total. The summed E-state index contributed by atoms with van der Waals surface area (Å²) in [5.74, 6) is -1.13. The average Bonchev–Trinajstić information content (AvgIpc) is 2.63. The Labute approximate surface area is 161 Å². The van der Waals surface area contributed by atoms with Crippen LogP contribution in [0.25, 0.3) is 0 Å². The van der Waals surface area contributed by atoms with Gasteiger partial charge in [-0.25, -0.2) is 4.79 Å². The SMILES string of the molecule is Cc1cccc(C)c1NC(=O)COC(=O)c1ccc2c(c1)NC(=O)[C@H](C)S2. The number of fused-ring (bicyclic) bond motifs is 1. The van der Waals surface area contributed by atoms with E-state index in [0.29, 0.717) is 5.69 Å². The molecular formula is C20H20N2O4S. The van der Waals surface area contributed by atoms with E-state index < -0.39 is 11.9 Å². The van der Waals surface area contributed by atoms with Gasteiger partial charge in [-0.15, -0.1) is 11.8 Å². The van der Waals surface area contributed by atoms with Gasteiger partial charge in [0.25, 0.3) is 5.91 Å². The quantitative estimate of drug-likeness (QED) is 0.788. The van der Waals surface area contributed by atoms with Crippen LogP contribution < -0.4 is 10.6 Å². The minimum Gasteiger partial charge on any atom is -0.452 e.